The monoisotopic (exact) mass is 227 g/mol. The van der Waals surface area contributed by atoms with Crippen LogP contribution in [0, 0.1) is 22.7 Å². The summed E-state index contributed by atoms with van der Waals surface area (Å²) in [5.74, 6) is 0. The predicted molar refractivity (Wildman–Crippen MR) is 68.3 cm³/mol. The van der Waals surface area contributed by atoms with Crippen molar-refractivity contribution >= 4 is 5.69 Å². The van der Waals surface area contributed by atoms with Gasteiger partial charge in [-0.1, -0.05) is 25.1 Å². The van der Waals surface area contributed by atoms with Gasteiger partial charge in [0.05, 0.1) is 25.0 Å². The number of benzene rings is 1. The van der Waals surface area contributed by atoms with Crippen molar-refractivity contribution in [1.29, 1.82) is 10.5 Å². The Kier molecular flexibility index (Phi) is 5.61. The molecule has 1 aromatic rings. The summed E-state index contributed by atoms with van der Waals surface area (Å²) in [5.41, 5.74) is 1.09. The molecule has 0 heterocycles. The van der Waals surface area contributed by atoms with Crippen molar-refractivity contribution in [2.45, 2.75) is 32.2 Å². The minimum Gasteiger partial charge on any atom is -0.366 e. The average Bonchev–Trinajstić information content (AvgIpc) is 2.39. The van der Waals surface area contributed by atoms with Gasteiger partial charge in [-0.15, -0.1) is 0 Å². The van der Waals surface area contributed by atoms with Gasteiger partial charge in [0.15, 0.2) is 0 Å². The minimum absolute atomic E-state index is 0.191. The topological polar surface area (TPSA) is 50.8 Å². The van der Waals surface area contributed by atoms with E-state index in [2.05, 4.69) is 24.0 Å². The molecule has 0 saturated heterocycles. The summed E-state index contributed by atoms with van der Waals surface area (Å²) in [6.07, 6.45) is 1.89. The Morgan fingerprint density at radius 3 is 2.41 bits per heavy atom. The molecule has 0 aliphatic heterocycles. The molecular formula is C14H17N3. The molecule has 0 N–H and O–H groups in total. The number of anilines is 1. The van der Waals surface area contributed by atoms with Crippen LogP contribution >= 0.6 is 0 Å². The molecule has 1 atom stereocenters. The molecule has 0 spiro atoms. The van der Waals surface area contributed by atoms with Gasteiger partial charge in [0.25, 0.3) is 0 Å². The molecule has 0 aliphatic rings. The summed E-state index contributed by atoms with van der Waals surface area (Å²) in [7, 11) is 0. The van der Waals surface area contributed by atoms with Crippen LogP contribution in [0.15, 0.2) is 30.3 Å². The second-order valence-electron chi connectivity index (χ2n) is 3.86. The van der Waals surface area contributed by atoms with Crippen LogP contribution in [0.2, 0.25) is 0 Å². The summed E-state index contributed by atoms with van der Waals surface area (Å²) >= 11 is 0. The zero-order chi connectivity index (χ0) is 12.5. The highest BCUT2D eigenvalue weighted by Crippen LogP contribution is 2.20. The largest absolute Gasteiger partial charge is 0.366 e. The summed E-state index contributed by atoms with van der Waals surface area (Å²) in [4.78, 5) is 2.16. The standard InChI is InChI=1S/C14H17N3/c1-2-13(9-11-16)17(12-6-10-15)14-7-4-3-5-8-14/h3-5,7-8,13H,2,6,9,12H2,1H3. The Balaban J connectivity index is 2.87. The molecule has 88 valence electrons. The van der Waals surface area contributed by atoms with E-state index in [1.807, 2.05) is 30.3 Å². The highest BCUT2D eigenvalue weighted by molar-refractivity contribution is 5.47. The molecule has 0 aromatic heterocycles. The van der Waals surface area contributed by atoms with Crippen molar-refractivity contribution in [2.24, 2.45) is 0 Å². The van der Waals surface area contributed by atoms with Crippen molar-refractivity contribution in [3.05, 3.63) is 30.3 Å². The van der Waals surface area contributed by atoms with Gasteiger partial charge in [0.2, 0.25) is 0 Å². The highest BCUT2D eigenvalue weighted by Gasteiger charge is 2.16. The summed E-state index contributed by atoms with van der Waals surface area (Å²) < 4.78 is 0. The van der Waals surface area contributed by atoms with Crippen LogP contribution in [-0.4, -0.2) is 12.6 Å². The first-order chi connectivity index (χ1) is 8.33. The van der Waals surface area contributed by atoms with Crippen LogP contribution in [-0.2, 0) is 0 Å². The number of nitrogens with zero attached hydrogens (tertiary/aromatic N) is 3. The van der Waals surface area contributed by atoms with Crippen LogP contribution in [0.25, 0.3) is 0 Å². The van der Waals surface area contributed by atoms with Gasteiger partial charge in [0, 0.05) is 18.3 Å². The first-order valence-corrected chi connectivity index (χ1v) is 5.89. The van der Waals surface area contributed by atoms with Gasteiger partial charge >= 0.3 is 0 Å². The summed E-state index contributed by atoms with van der Waals surface area (Å²) in [6, 6.07) is 14.6. The van der Waals surface area contributed by atoms with E-state index in [1.165, 1.54) is 0 Å². The SMILES string of the molecule is CCC(CC#N)N(CCC#N)c1ccccc1. The first-order valence-electron chi connectivity index (χ1n) is 5.89. The van der Waals surface area contributed by atoms with Crippen LogP contribution in [0.4, 0.5) is 5.69 Å². The first kappa shape index (κ1) is 13.1. The van der Waals surface area contributed by atoms with E-state index in [9.17, 15) is 0 Å². The van der Waals surface area contributed by atoms with Gasteiger partial charge < -0.3 is 4.90 Å². The minimum atomic E-state index is 0.191. The molecule has 3 nitrogen and oxygen atoms in total. The Bertz CT molecular complexity index is 400. The second kappa shape index (κ2) is 7.30. The van der Waals surface area contributed by atoms with E-state index in [-0.39, 0.29) is 6.04 Å². The molecular weight excluding hydrogens is 210 g/mol. The Hall–Kier alpha value is -2.00. The zero-order valence-electron chi connectivity index (χ0n) is 10.1. The Morgan fingerprint density at radius 1 is 1.18 bits per heavy atom. The van der Waals surface area contributed by atoms with E-state index in [1.54, 1.807) is 0 Å². The molecule has 0 amide bonds. The quantitative estimate of drug-likeness (QED) is 0.750. The Morgan fingerprint density at radius 2 is 1.88 bits per heavy atom. The maximum Gasteiger partial charge on any atom is 0.0643 e. The Labute approximate surface area is 103 Å². The van der Waals surface area contributed by atoms with Crippen molar-refractivity contribution in [2.75, 3.05) is 11.4 Å². The van der Waals surface area contributed by atoms with E-state index < -0.39 is 0 Å². The van der Waals surface area contributed by atoms with Gasteiger partial charge in [-0.25, -0.2) is 0 Å². The molecule has 17 heavy (non-hydrogen) atoms. The predicted octanol–water partition coefficient (Wildman–Crippen LogP) is 3.10. The third kappa shape index (κ3) is 3.81. The van der Waals surface area contributed by atoms with Crippen LogP contribution in [0.1, 0.15) is 26.2 Å². The number of hydrogen-bond donors (Lipinski definition) is 0. The lowest BCUT2D eigenvalue weighted by molar-refractivity contribution is 0.585. The summed E-state index contributed by atoms with van der Waals surface area (Å²) in [6.45, 7) is 2.75. The molecule has 1 unspecified atom stereocenters. The maximum absolute atomic E-state index is 8.85. The molecule has 0 bridgehead atoms. The third-order valence-electron chi connectivity index (χ3n) is 2.79. The third-order valence-corrected chi connectivity index (χ3v) is 2.79. The van der Waals surface area contributed by atoms with Gasteiger partial charge in [0.1, 0.15) is 0 Å². The van der Waals surface area contributed by atoms with Crippen LogP contribution < -0.4 is 4.90 Å². The molecule has 0 saturated carbocycles. The van der Waals surface area contributed by atoms with Crippen molar-refractivity contribution < 1.29 is 0 Å². The molecule has 0 aliphatic carbocycles. The number of para-hydroxylation sites is 1. The van der Waals surface area contributed by atoms with E-state index in [4.69, 9.17) is 10.5 Å². The lowest BCUT2D eigenvalue weighted by Gasteiger charge is -2.31. The zero-order valence-corrected chi connectivity index (χ0v) is 10.1. The molecule has 0 radical (unpaired) electrons. The maximum atomic E-state index is 8.85. The summed E-state index contributed by atoms with van der Waals surface area (Å²) in [5, 5.41) is 17.6. The number of rotatable bonds is 6. The molecule has 3 heteroatoms. The molecule has 1 aromatic carbocycles. The van der Waals surface area contributed by atoms with Gasteiger partial charge in [-0.2, -0.15) is 10.5 Å². The van der Waals surface area contributed by atoms with Crippen molar-refractivity contribution in [1.82, 2.24) is 0 Å². The van der Waals surface area contributed by atoms with Crippen molar-refractivity contribution in [3.8, 4) is 12.1 Å². The normalized spacial score (nSPS) is 11.2. The van der Waals surface area contributed by atoms with Crippen LogP contribution in [0.5, 0.6) is 0 Å². The van der Waals surface area contributed by atoms with E-state index in [0.29, 0.717) is 19.4 Å². The fraction of sp³-hybridized carbons (Fsp3) is 0.429. The smallest absolute Gasteiger partial charge is 0.0643 e. The molecule has 0 fully saturated rings. The number of hydrogen-bond acceptors (Lipinski definition) is 3. The van der Waals surface area contributed by atoms with Crippen molar-refractivity contribution in [3.63, 3.8) is 0 Å². The lowest BCUT2D eigenvalue weighted by Crippen LogP contribution is -2.35. The van der Waals surface area contributed by atoms with Gasteiger partial charge in [-0.05, 0) is 18.6 Å². The molecule has 1 rings (SSSR count). The lowest BCUT2D eigenvalue weighted by atomic mass is 10.1. The van der Waals surface area contributed by atoms with Gasteiger partial charge in [-0.3, -0.25) is 0 Å². The highest BCUT2D eigenvalue weighted by atomic mass is 15.2. The second-order valence-corrected chi connectivity index (χ2v) is 3.86. The fourth-order valence-electron chi connectivity index (χ4n) is 1.89. The fourth-order valence-corrected chi connectivity index (χ4v) is 1.89. The van der Waals surface area contributed by atoms with E-state index >= 15 is 0 Å². The average molecular weight is 227 g/mol. The van der Waals surface area contributed by atoms with Crippen LogP contribution in [0.3, 0.4) is 0 Å². The van der Waals surface area contributed by atoms with E-state index in [0.717, 1.165) is 12.1 Å². The number of nitriles is 2.